The number of thioether (sulfide) groups is 2. The van der Waals surface area contributed by atoms with Crippen LogP contribution in [0, 0.1) is 13.8 Å². The summed E-state index contributed by atoms with van der Waals surface area (Å²) in [5.41, 5.74) is 4.15. The molecule has 0 saturated heterocycles. The predicted molar refractivity (Wildman–Crippen MR) is 176 cm³/mol. The number of hydrogen-bond donors (Lipinski definition) is 2. The number of benzene rings is 3. The fraction of sp³-hybridized carbons (Fsp3) is 0.355. The minimum atomic E-state index is -3.58. The van der Waals surface area contributed by atoms with Crippen LogP contribution in [0.5, 0.6) is 5.75 Å². The molecule has 42 heavy (non-hydrogen) atoms. The summed E-state index contributed by atoms with van der Waals surface area (Å²) in [5, 5.41) is 0. The molecule has 0 unspecified atom stereocenters. The molecule has 0 amide bonds. The summed E-state index contributed by atoms with van der Waals surface area (Å²) in [6, 6.07) is 19.2. The van der Waals surface area contributed by atoms with E-state index in [4.69, 9.17) is 4.74 Å². The molecule has 0 bridgehead atoms. The van der Waals surface area contributed by atoms with Gasteiger partial charge in [0.2, 0.25) is 20.0 Å². The second-order valence-corrected chi connectivity index (χ2v) is 15.8. The minimum Gasteiger partial charge on any atom is -0.490 e. The van der Waals surface area contributed by atoms with E-state index in [0.29, 0.717) is 29.6 Å². The summed E-state index contributed by atoms with van der Waals surface area (Å²) < 4.78 is 62.1. The SMILES string of the molecule is C=CCOc1cc(CSC[C@H](C)NS(=O)(=O)c2ccc(C)cc2)cc(CSC[C@H](C)NS(=O)(=O)c2ccc(C)cc2)c1. The molecule has 0 saturated carbocycles. The largest absolute Gasteiger partial charge is 0.490 e. The van der Waals surface area contributed by atoms with Crippen molar-refractivity contribution in [1.82, 2.24) is 9.44 Å². The van der Waals surface area contributed by atoms with Gasteiger partial charge in [0, 0.05) is 35.1 Å². The molecular weight excluding hydrogens is 609 g/mol. The Labute approximate surface area is 260 Å². The fourth-order valence-electron chi connectivity index (χ4n) is 4.01. The van der Waals surface area contributed by atoms with E-state index in [2.05, 4.69) is 22.1 Å². The lowest BCUT2D eigenvalue weighted by Gasteiger charge is -2.16. The molecule has 2 N–H and O–H groups in total. The van der Waals surface area contributed by atoms with E-state index >= 15 is 0 Å². The maximum absolute atomic E-state index is 12.7. The van der Waals surface area contributed by atoms with E-state index in [-0.39, 0.29) is 21.9 Å². The van der Waals surface area contributed by atoms with E-state index < -0.39 is 20.0 Å². The molecule has 0 radical (unpaired) electrons. The van der Waals surface area contributed by atoms with Crippen LogP contribution in [0.3, 0.4) is 0 Å². The third-order valence-electron chi connectivity index (χ3n) is 6.04. The monoisotopic (exact) mass is 648 g/mol. The Morgan fingerprint density at radius 3 is 1.52 bits per heavy atom. The molecule has 0 fully saturated rings. The van der Waals surface area contributed by atoms with Crippen LogP contribution < -0.4 is 14.2 Å². The van der Waals surface area contributed by atoms with Gasteiger partial charge in [0.1, 0.15) is 12.4 Å². The van der Waals surface area contributed by atoms with Crippen molar-refractivity contribution in [2.45, 2.75) is 61.1 Å². The lowest BCUT2D eigenvalue weighted by Crippen LogP contribution is -2.34. The maximum Gasteiger partial charge on any atom is 0.240 e. The van der Waals surface area contributed by atoms with Gasteiger partial charge in [0.15, 0.2) is 0 Å². The van der Waals surface area contributed by atoms with Crippen molar-refractivity contribution in [2.24, 2.45) is 0 Å². The summed E-state index contributed by atoms with van der Waals surface area (Å²) in [4.78, 5) is 0.521. The predicted octanol–water partition coefficient (Wildman–Crippen LogP) is 6.07. The maximum atomic E-state index is 12.7. The van der Waals surface area contributed by atoms with Crippen molar-refractivity contribution in [2.75, 3.05) is 18.1 Å². The zero-order valence-electron chi connectivity index (χ0n) is 24.5. The molecule has 0 heterocycles. The smallest absolute Gasteiger partial charge is 0.240 e. The van der Waals surface area contributed by atoms with Gasteiger partial charge >= 0.3 is 0 Å². The molecule has 0 aliphatic rings. The number of rotatable bonds is 17. The Kier molecular flexibility index (Phi) is 13.0. The molecule has 11 heteroatoms. The van der Waals surface area contributed by atoms with Crippen LogP contribution in [0.25, 0.3) is 0 Å². The Hall–Kier alpha value is -2.28. The van der Waals surface area contributed by atoms with Crippen molar-refractivity contribution in [3.05, 3.63) is 102 Å². The van der Waals surface area contributed by atoms with Crippen LogP contribution in [0.1, 0.15) is 36.1 Å². The average molecular weight is 649 g/mol. The van der Waals surface area contributed by atoms with Gasteiger partial charge in [-0.3, -0.25) is 0 Å². The van der Waals surface area contributed by atoms with Gasteiger partial charge in [-0.2, -0.15) is 23.5 Å². The van der Waals surface area contributed by atoms with E-state index in [1.54, 1.807) is 78.1 Å². The Bertz CT molecular complexity index is 1420. The zero-order chi connectivity index (χ0) is 30.8. The van der Waals surface area contributed by atoms with Crippen molar-refractivity contribution in [3.8, 4) is 5.75 Å². The first kappa shape index (κ1) is 34.2. The summed E-state index contributed by atoms with van der Waals surface area (Å²) in [6.45, 7) is 11.7. The van der Waals surface area contributed by atoms with Crippen LogP contribution in [0.4, 0.5) is 0 Å². The molecule has 3 aromatic rings. The lowest BCUT2D eigenvalue weighted by atomic mass is 10.1. The molecule has 0 spiro atoms. The molecule has 2 atom stereocenters. The molecular formula is C31H40N2O5S4. The highest BCUT2D eigenvalue weighted by Crippen LogP contribution is 2.25. The van der Waals surface area contributed by atoms with Gasteiger partial charge in [-0.25, -0.2) is 26.3 Å². The van der Waals surface area contributed by atoms with Crippen LogP contribution in [0.15, 0.2) is 89.2 Å². The van der Waals surface area contributed by atoms with Gasteiger partial charge in [0.05, 0.1) is 9.79 Å². The Balaban J connectivity index is 1.54. The first-order valence-corrected chi connectivity index (χ1v) is 18.9. The van der Waals surface area contributed by atoms with Crippen molar-refractivity contribution < 1.29 is 21.6 Å². The van der Waals surface area contributed by atoms with Crippen LogP contribution >= 0.6 is 23.5 Å². The quantitative estimate of drug-likeness (QED) is 0.171. The van der Waals surface area contributed by atoms with E-state index in [1.165, 1.54) is 0 Å². The van der Waals surface area contributed by atoms with Crippen molar-refractivity contribution >= 4 is 43.6 Å². The van der Waals surface area contributed by atoms with Crippen molar-refractivity contribution in [1.29, 1.82) is 0 Å². The number of ether oxygens (including phenoxy) is 1. The number of aryl methyl sites for hydroxylation is 2. The second-order valence-electron chi connectivity index (χ2n) is 10.3. The first-order chi connectivity index (χ1) is 19.9. The van der Waals surface area contributed by atoms with E-state index in [1.807, 2.05) is 39.8 Å². The third kappa shape index (κ3) is 11.1. The number of nitrogens with one attached hydrogen (secondary N) is 2. The molecule has 3 rings (SSSR count). The normalized spacial score (nSPS) is 13.4. The van der Waals surface area contributed by atoms with Gasteiger partial charge in [-0.15, -0.1) is 0 Å². The summed E-state index contributed by atoms with van der Waals surface area (Å²) in [7, 11) is -7.16. The average Bonchev–Trinajstić information content (AvgIpc) is 2.92. The summed E-state index contributed by atoms with van der Waals surface area (Å²) in [6.07, 6.45) is 1.69. The third-order valence-corrected chi connectivity index (χ3v) is 11.8. The molecule has 0 aliphatic heterocycles. The fourth-order valence-corrected chi connectivity index (χ4v) is 8.62. The molecule has 3 aromatic carbocycles. The standard InChI is InChI=1S/C31H40N2O5S4/c1-6-15-38-29-17-27(21-39-19-25(4)32-41(34,35)30-11-7-23(2)8-12-30)16-28(18-29)22-40-20-26(5)33-42(36,37)31-13-9-24(3)10-14-31/h6-14,16-18,25-26,32-33H,1,15,19-22H2,2-5H3/t25-,26-/m0/s1. The van der Waals surface area contributed by atoms with Gasteiger partial charge in [-0.1, -0.05) is 54.1 Å². The second kappa shape index (κ2) is 16.0. The van der Waals surface area contributed by atoms with Crippen LogP contribution in [-0.4, -0.2) is 47.0 Å². The highest BCUT2D eigenvalue weighted by atomic mass is 32.2. The molecule has 7 nitrogen and oxygen atoms in total. The number of hydrogen-bond acceptors (Lipinski definition) is 7. The highest BCUT2D eigenvalue weighted by Gasteiger charge is 2.18. The summed E-state index contributed by atoms with van der Waals surface area (Å²) in [5.74, 6) is 3.32. The number of sulfonamides is 2. The van der Waals surface area contributed by atoms with Crippen LogP contribution in [-0.2, 0) is 31.6 Å². The van der Waals surface area contributed by atoms with Gasteiger partial charge in [-0.05, 0) is 75.2 Å². The van der Waals surface area contributed by atoms with Gasteiger partial charge in [0.25, 0.3) is 0 Å². The van der Waals surface area contributed by atoms with E-state index in [9.17, 15) is 16.8 Å². The van der Waals surface area contributed by atoms with E-state index in [0.717, 1.165) is 28.0 Å². The van der Waals surface area contributed by atoms with Gasteiger partial charge < -0.3 is 4.74 Å². The highest BCUT2D eigenvalue weighted by molar-refractivity contribution is 7.98. The Morgan fingerprint density at radius 2 is 1.14 bits per heavy atom. The zero-order valence-corrected chi connectivity index (χ0v) is 27.8. The van der Waals surface area contributed by atoms with Crippen molar-refractivity contribution in [3.63, 3.8) is 0 Å². The minimum absolute atomic E-state index is 0.248. The Morgan fingerprint density at radius 1 is 0.738 bits per heavy atom. The topological polar surface area (TPSA) is 102 Å². The molecule has 0 aromatic heterocycles. The molecule has 0 aliphatic carbocycles. The van der Waals surface area contributed by atoms with Crippen LogP contribution in [0.2, 0.25) is 0 Å². The lowest BCUT2D eigenvalue weighted by molar-refractivity contribution is 0.362. The first-order valence-electron chi connectivity index (χ1n) is 13.6. The molecule has 228 valence electrons. The summed E-state index contributed by atoms with van der Waals surface area (Å²) >= 11 is 3.28.